The van der Waals surface area contributed by atoms with E-state index in [2.05, 4.69) is 9.47 Å². The fourth-order valence-electron chi connectivity index (χ4n) is 0.402. The molecule has 0 aromatic rings. The third-order valence-electron chi connectivity index (χ3n) is 0.868. The topological polar surface area (TPSA) is 118 Å². The molecule has 0 unspecified atom stereocenters. The fraction of sp³-hybridized carbons (Fsp3) is 0.571. The van der Waals surface area contributed by atoms with E-state index in [0.29, 0.717) is 0 Å². The third kappa shape index (κ3) is 10.2. The van der Waals surface area contributed by atoms with E-state index in [4.69, 9.17) is 10.5 Å². The van der Waals surface area contributed by atoms with Crippen molar-refractivity contribution >= 4 is 6.16 Å². The lowest BCUT2D eigenvalue weighted by Crippen LogP contribution is -2.08. The first-order valence-corrected chi connectivity index (χ1v) is 3.34. The molecule has 0 atom stereocenters. The van der Waals surface area contributed by atoms with Crippen LogP contribution in [0.2, 0.25) is 0 Å². The Morgan fingerprint density at radius 3 is 1.77 bits per heavy atom. The van der Waals surface area contributed by atoms with E-state index < -0.39 is 6.16 Å². The minimum absolute atomic E-state index is 0. The maximum Gasteiger partial charge on any atom is 0.508 e. The van der Waals surface area contributed by atoms with Gasteiger partial charge in [0.2, 0.25) is 0 Å². The van der Waals surface area contributed by atoms with Gasteiger partial charge in [-0.1, -0.05) is 0 Å². The second-order valence-electron chi connectivity index (χ2n) is 1.76. The summed E-state index contributed by atoms with van der Waals surface area (Å²) in [6.07, 6.45) is -0.541. The van der Waals surface area contributed by atoms with Gasteiger partial charge in [0.15, 0.2) is 0 Å². The van der Waals surface area contributed by atoms with Gasteiger partial charge in [-0.2, -0.15) is 10.5 Å². The zero-order valence-electron chi connectivity index (χ0n) is 7.15. The second kappa shape index (κ2) is 10.2. The highest BCUT2D eigenvalue weighted by Crippen LogP contribution is 1.88. The monoisotopic (exact) mass is 185 g/mol. The zero-order chi connectivity index (χ0) is 9.23. The molecule has 0 aliphatic heterocycles. The molecule has 0 heterocycles. The van der Waals surface area contributed by atoms with Gasteiger partial charge in [-0.25, -0.2) is 4.79 Å². The highest BCUT2D eigenvalue weighted by molar-refractivity contribution is 5.59. The van der Waals surface area contributed by atoms with Crippen molar-refractivity contribution in [3.8, 4) is 12.1 Å². The molecule has 0 bridgehead atoms. The minimum atomic E-state index is -0.833. The fourth-order valence-corrected chi connectivity index (χ4v) is 0.402. The van der Waals surface area contributed by atoms with Crippen molar-refractivity contribution in [1.29, 1.82) is 10.5 Å². The van der Waals surface area contributed by atoms with Crippen LogP contribution in [0.5, 0.6) is 0 Å². The van der Waals surface area contributed by atoms with Crippen LogP contribution in [0.25, 0.3) is 0 Å². The van der Waals surface area contributed by atoms with E-state index in [1.165, 1.54) is 0 Å². The standard InChI is InChI=1S/C7H8N2O3.H3N/c8-3-1-5-11-7(10)12-6-2-4-9;/h1-2,5-6H2;1H3. The van der Waals surface area contributed by atoms with E-state index in [1.54, 1.807) is 12.1 Å². The lowest BCUT2D eigenvalue weighted by Gasteiger charge is -2.01. The maximum absolute atomic E-state index is 10.5. The van der Waals surface area contributed by atoms with Gasteiger partial charge in [-0.3, -0.25) is 0 Å². The van der Waals surface area contributed by atoms with Crippen molar-refractivity contribution in [2.75, 3.05) is 13.2 Å². The predicted molar refractivity (Wildman–Crippen MR) is 42.8 cm³/mol. The van der Waals surface area contributed by atoms with Crippen LogP contribution >= 0.6 is 0 Å². The molecule has 0 aliphatic rings. The summed E-state index contributed by atoms with van der Waals surface area (Å²) in [6, 6.07) is 3.61. The largest absolute Gasteiger partial charge is 0.508 e. The molecular weight excluding hydrogens is 174 g/mol. The van der Waals surface area contributed by atoms with Crippen LogP contribution in [0.15, 0.2) is 0 Å². The van der Waals surface area contributed by atoms with Crippen molar-refractivity contribution in [3.63, 3.8) is 0 Å². The van der Waals surface area contributed by atoms with Gasteiger partial charge < -0.3 is 15.6 Å². The van der Waals surface area contributed by atoms with Crippen LogP contribution in [-0.2, 0) is 9.47 Å². The highest BCUT2D eigenvalue weighted by atomic mass is 16.7. The number of ether oxygens (including phenoxy) is 2. The van der Waals surface area contributed by atoms with Crippen LogP contribution in [0, 0.1) is 22.7 Å². The van der Waals surface area contributed by atoms with E-state index in [9.17, 15) is 4.79 Å². The van der Waals surface area contributed by atoms with Crippen LogP contribution in [0.3, 0.4) is 0 Å². The van der Waals surface area contributed by atoms with Crippen molar-refractivity contribution in [3.05, 3.63) is 0 Å². The molecule has 3 N–H and O–H groups in total. The van der Waals surface area contributed by atoms with Crippen molar-refractivity contribution in [2.45, 2.75) is 12.8 Å². The van der Waals surface area contributed by atoms with Gasteiger partial charge in [0.25, 0.3) is 0 Å². The molecule has 0 saturated carbocycles. The quantitative estimate of drug-likeness (QED) is 0.518. The van der Waals surface area contributed by atoms with Crippen LogP contribution in [0.4, 0.5) is 4.79 Å². The Morgan fingerprint density at radius 2 is 1.46 bits per heavy atom. The van der Waals surface area contributed by atoms with Crippen molar-refractivity contribution in [2.24, 2.45) is 0 Å². The molecular formula is C7H11N3O3. The second-order valence-corrected chi connectivity index (χ2v) is 1.76. The molecule has 0 spiro atoms. The van der Waals surface area contributed by atoms with Crippen LogP contribution in [0.1, 0.15) is 12.8 Å². The van der Waals surface area contributed by atoms with Crippen molar-refractivity contribution < 1.29 is 14.3 Å². The molecule has 0 fully saturated rings. The Hall–Kier alpha value is -1.79. The van der Waals surface area contributed by atoms with E-state index in [-0.39, 0.29) is 32.2 Å². The summed E-state index contributed by atoms with van der Waals surface area (Å²) in [7, 11) is 0. The van der Waals surface area contributed by atoms with Gasteiger partial charge in [-0.05, 0) is 0 Å². The first-order chi connectivity index (χ1) is 5.81. The number of nitrogens with zero attached hydrogens (tertiary/aromatic N) is 2. The van der Waals surface area contributed by atoms with Gasteiger partial charge in [0, 0.05) is 0 Å². The lowest BCUT2D eigenvalue weighted by atomic mass is 10.5. The molecule has 0 rings (SSSR count). The SMILES string of the molecule is N.N#CCCOC(=O)OCCC#N. The Bertz CT molecular complexity index is 194. The summed E-state index contributed by atoms with van der Waals surface area (Å²) in [5.74, 6) is 0. The lowest BCUT2D eigenvalue weighted by molar-refractivity contribution is 0.0583. The van der Waals surface area contributed by atoms with E-state index in [1.807, 2.05) is 0 Å². The summed E-state index contributed by atoms with van der Waals surface area (Å²) in [6.45, 7) is 0.0593. The first kappa shape index (κ1) is 13.8. The molecule has 0 radical (unpaired) electrons. The van der Waals surface area contributed by atoms with E-state index in [0.717, 1.165) is 0 Å². The molecule has 0 saturated heterocycles. The molecule has 0 amide bonds. The van der Waals surface area contributed by atoms with Gasteiger partial charge in [0.05, 0.1) is 25.0 Å². The van der Waals surface area contributed by atoms with Crippen LogP contribution in [-0.4, -0.2) is 19.4 Å². The summed E-state index contributed by atoms with van der Waals surface area (Å²) < 4.78 is 8.87. The number of hydrogen-bond donors (Lipinski definition) is 1. The summed E-state index contributed by atoms with van der Waals surface area (Å²) in [4.78, 5) is 10.5. The highest BCUT2D eigenvalue weighted by Gasteiger charge is 2.01. The predicted octanol–water partition coefficient (Wildman–Crippen LogP) is 1.13. The molecule has 72 valence electrons. The minimum Gasteiger partial charge on any atom is -0.433 e. The number of carbonyl (C=O) groups excluding carboxylic acids is 1. The summed E-state index contributed by atoms with van der Waals surface area (Å²) >= 11 is 0. The zero-order valence-corrected chi connectivity index (χ0v) is 7.15. The number of rotatable bonds is 4. The molecule has 6 heteroatoms. The number of nitriles is 2. The Balaban J connectivity index is 0. The molecule has 0 aromatic carbocycles. The van der Waals surface area contributed by atoms with Crippen molar-refractivity contribution in [1.82, 2.24) is 6.15 Å². The van der Waals surface area contributed by atoms with Gasteiger partial charge >= 0.3 is 6.16 Å². The number of carbonyl (C=O) groups is 1. The Labute approximate surface area is 76.2 Å². The van der Waals surface area contributed by atoms with Gasteiger partial charge in [0.1, 0.15) is 13.2 Å². The smallest absolute Gasteiger partial charge is 0.433 e. The average molecular weight is 185 g/mol. The maximum atomic E-state index is 10.5. The Kier molecular flexibility index (Phi) is 10.8. The molecule has 6 nitrogen and oxygen atoms in total. The summed E-state index contributed by atoms with van der Waals surface area (Å²) in [5, 5.41) is 16.1. The Morgan fingerprint density at radius 1 is 1.08 bits per heavy atom. The van der Waals surface area contributed by atoms with E-state index >= 15 is 0 Å². The number of hydrogen-bond acceptors (Lipinski definition) is 6. The first-order valence-electron chi connectivity index (χ1n) is 3.34. The van der Waals surface area contributed by atoms with Crippen LogP contribution < -0.4 is 6.15 Å². The summed E-state index contributed by atoms with van der Waals surface area (Å²) in [5.41, 5.74) is 0. The molecule has 0 aromatic heterocycles. The average Bonchev–Trinajstić information content (AvgIpc) is 2.06. The molecule has 13 heavy (non-hydrogen) atoms. The normalized spacial score (nSPS) is 7.23. The molecule has 0 aliphatic carbocycles. The van der Waals surface area contributed by atoms with Gasteiger partial charge in [-0.15, -0.1) is 0 Å². The third-order valence-corrected chi connectivity index (χ3v) is 0.868.